The van der Waals surface area contributed by atoms with Crippen LogP contribution in [0.5, 0.6) is 0 Å². The highest BCUT2D eigenvalue weighted by Crippen LogP contribution is 2.20. The number of ether oxygens (including phenoxy) is 1. The van der Waals surface area contributed by atoms with Gasteiger partial charge in [0, 0.05) is 26.0 Å². The molecule has 0 saturated carbocycles. The van der Waals surface area contributed by atoms with Crippen molar-refractivity contribution < 1.29 is 9.53 Å². The van der Waals surface area contributed by atoms with Crippen LogP contribution in [0.15, 0.2) is 18.3 Å². The molecular weight excluding hydrogens is 230 g/mol. The predicted octanol–water partition coefficient (Wildman–Crippen LogP) is 0.628. The van der Waals surface area contributed by atoms with Crippen molar-refractivity contribution in [3.8, 4) is 0 Å². The third kappa shape index (κ3) is 2.68. The number of carbonyl (C=O) groups is 1. The van der Waals surface area contributed by atoms with Crippen molar-refractivity contribution in [3.63, 3.8) is 0 Å². The van der Waals surface area contributed by atoms with Crippen LogP contribution in [0, 0.1) is 6.92 Å². The Balaban J connectivity index is 2.13. The van der Waals surface area contributed by atoms with E-state index in [4.69, 9.17) is 10.5 Å². The number of hydrogen-bond donors (Lipinski definition) is 2. The summed E-state index contributed by atoms with van der Waals surface area (Å²) in [6.45, 7) is 3.58. The fraction of sp³-hybridized carbons (Fsp3) is 0.538. The molecule has 0 radical (unpaired) electrons. The molecule has 18 heavy (non-hydrogen) atoms. The molecule has 98 valence electrons. The van der Waals surface area contributed by atoms with Crippen LogP contribution in [0.4, 0.5) is 0 Å². The van der Waals surface area contributed by atoms with Gasteiger partial charge in [-0.3, -0.25) is 9.78 Å². The molecule has 1 aromatic rings. The third-order valence-corrected chi connectivity index (χ3v) is 3.44. The van der Waals surface area contributed by atoms with Gasteiger partial charge in [0.05, 0.1) is 5.54 Å². The molecule has 5 nitrogen and oxygen atoms in total. The first kappa shape index (κ1) is 13.0. The molecule has 1 fully saturated rings. The Morgan fingerprint density at radius 3 is 2.89 bits per heavy atom. The average Bonchev–Trinajstić information content (AvgIpc) is 2.40. The minimum absolute atomic E-state index is 0.152. The lowest BCUT2D eigenvalue weighted by Gasteiger charge is -2.36. The summed E-state index contributed by atoms with van der Waals surface area (Å²) >= 11 is 0. The van der Waals surface area contributed by atoms with Gasteiger partial charge in [0.2, 0.25) is 0 Å². The molecule has 0 unspecified atom stereocenters. The highest BCUT2D eigenvalue weighted by molar-refractivity contribution is 5.94. The van der Waals surface area contributed by atoms with Gasteiger partial charge in [-0.2, -0.15) is 0 Å². The van der Waals surface area contributed by atoms with E-state index < -0.39 is 0 Å². The van der Waals surface area contributed by atoms with Crippen LogP contribution in [0.3, 0.4) is 0 Å². The van der Waals surface area contributed by atoms with Crippen molar-refractivity contribution >= 4 is 5.91 Å². The first-order chi connectivity index (χ1) is 8.67. The average molecular weight is 249 g/mol. The zero-order chi connectivity index (χ0) is 13.0. The Hall–Kier alpha value is -1.46. The first-order valence-corrected chi connectivity index (χ1v) is 6.19. The summed E-state index contributed by atoms with van der Waals surface area (Å²) < 4.78 is 5.32. The molecule has 1 aromatic heterocycles. The maximum atomic E-state index is 12.2. The number of amides is 1. The number of carbonyl (C=O) groups excluding carboxylic acids is 1. The number of rotatable bonds is 3. The molecule has 2 heterocycles. The smallest absolute Gasteiger partial charge is 0.270 e. The van der Waals surface area contributed by atoms with E-state index in [2.05, 4.69) is 10.3 Å². The highest BCUT2D eigenvalue weighted by Gasteiger charge is 2.33. The second kappa shape index (κ2) is 5.46. The van der Waals surface area contributed by atoms with Crippen molar-refractivity contribution in [1.82, 2.24) is 10.3 Å². The van der Waals surface area contributed by atoms with E-state index in [1.165, 1.54) is 0 Å². The largest absolute Gasteiger partial charge is 0.381 e. The molecular formula is C13H19N3O2. The fourth-order valence-corrected chi connectivity index (χ4v) is 2.17. The van der Waals surface area contributed by atoms with Crippen molar-refractivity contribution in [3.05, 3.63) is 29.6 Å². The number of hydrogen-bond acceptors (Lipinski definition) is 4. The zero-order valence-corrected chi connectivity index (χ0v) is 10.6. The number of nitrogens with zero attached hydrogens (tertiary/aromatic N) is 1. The van der Waals surface area contributed by atoms with E-state index in [0.29, 0.717) is 25.5 Å². The summed E-state index contributed by atoms with van der Waals surface area (Å²) in [6.07, 6.45) is 3.13. The lowest BCUT2D eigenvalue weighted by molar-refractivity contribution is 0.0387. The quantitative estimate of drug-likeness (QED) is 0.823. The second-order valence-corrected chi connectivity index (χ2v) is 4.72. The molecule has 1 saturated heterocycles. The molecule has 0 bridgehead atoms. The molecule has 0 aromatic carbocycles. The monoisotopic (exact) mass is 249 g/mol. The van der Waals surface area contributed by atoms with Crippen LogP contribution in [0.2, 0.25) is 0 Å². The van der Waals surface area contributed by atoms with Gasteiger partial charge in [-0.1, -0.05) is 6.07 Å². The SMILES string of the molecule is Cc1cccnc1C(=O)NC1(CN)CCOCC1. The summed E-state index contributed by atoms with van der Waals surface area (Å²) in [5, 5.41) is 3.03. The van der Waals surface area contributed by atoms with Crippen LogP contribution in [-0.2, 0) is 4.74 Å². The third-order valence-electron chi connectivity index (χ3n) is 3.44. The topological polar surface area (TPSA) is 77.2 Å². The molecule has 0 atom stereocenters. The molecule has 5 heteroatoms. The zero-order valence-electron chi connectivity index (χ0n) is 10.6. The summed E-state index contributed by atoms with van der Waals surface area (Å²) in [5.74, 6) is -0.152. The van der Waals surface area contributed by atoms with E-state index in [1.54, 1.807) is 6.20 Å². The summed E-state index contributed by atoms with van der Waals surface area (Å²) in [7, 11) is 0. The van der Waals surface area contributed by atoms with Gasteiger partial charge in [0.15, 0.2) is 0 Å². The molecule has 3 N–H and O–H groups in total. The number of aromatic nitrogens is 1. The van der Waals surface area contributed by atoms with Crippen LogP contribution < -0.4 is 11.1 Å². The Bertz CT molecular complexity index is 428. The molecule has 2 rings (SSSR count). The number of nitrogens with two attached hydrogens (primary N) is 1. The van der Waals surface area contributed by atoms with Gasteiger partial charge in [-0.25, -0.2) is 0 Å². The fourth-order valence-electron chi connectivity index (χ4n) is 2.17. The minimum Gasteiger partial charge on any atom is -0.381 e. The van der Waals surface area contributed by atoms with Crippen molar-refractivity contribution in [1.29, 1.82) is 0 Å². The lowest BCUT2D eigenvalue weighted by Crippen LogP contribution is -2.56. The van der Waals surface area contributed by atoms with Crippen LogP contribution in [0.1, 0.15) is 28.9 Å². The normalized spacial score (nSPS) is 18.3. The Morgan fingerprint density at radius 2 is 2.28 bits per heavy atom. The maximum Gasteiger partial charge on any atom is 0.270 e. The van der Waals surface area contributed by atoms with Gasteiger partial charge in [0.1, 0.15) is 5.69 Å². The first-order valence-electron chi connectivity index (χ1n) is 6.19. The summed E-state index contributed by atoms with van der Waals surface area (Å²) in [5.41, 5.74) is 6.80. The summed E-state index contributed by atoms with van der Waals surface area (Å²) in [4.78, 5) is 16.4. The Labute approximate surface area is 107 Å². The van der Waals surface area contributed by atoms with Crippen LogP contribution in [0.25, 0.3) is 0 Å². The van der Waals surface area contributed by atoms with Gasteiger partial charge in [-0.15, -0.1) is 0 Å². The Morgan fingerprint density at radius 1 is 1.56 bits per heavy atom. The molecule has 0 aliphatic carbocycles. The molecule has 1 amide bonds. The molecule has 1 aliphatic rings. The van der Waals surface area contributed by atoms with Gasteiger partial charge >= 0.3 is 0 Å². The lowest BCUT2D eigenvalue weighted by atomic mass is 9.90. The van der Waals surface area contributed by atoms with E-state index in [9.17, 15) is 4.79 Å². The minimum atomic E-state index is -0.348. The van der Waals surface area contributed by atoms with E-state index in [0.717, 1.165) is 18.4 Å². The molecule has 0 spiro atoms. The molecule has 1 aliphatic heterocycles. The van der Waals surface area contributed by atoms with Crippen molar-refractivity contribution in [2.75, 3.05) is 19.8 Å². The van der Waals surface area contributed by atoms with Crippen LogP contribution in [-0.4, -0.2) is 36.2 Å². The standard InChI is InChI=1S/C13H19N3O2/c1-10-3-2-6-15-11(10)12(17)16-13(9-14)4-7-18-8-5-13/h2-3,6H,4-5,7-9,14H2,1H3,(H,16,17). The number of nitrogens with one attached hydrogen (secondary N) is 1. The number of aryl methyl sites for hydroxylation is 1. The summed E-state index contributed by atoms with van der Waals surface area (Å²) in [6, 6.07) is 3.69. The second-order valence-electron chi connectivity index (χ2n) is 4.72. The Kier molecular flexibility index (Phi) is 3.93. The van der Waals surface area contributed by atoms with Gasteiger partial charge < -0.3 is 15.8 Å². The van der Waals surface area contributed by atoms with E-state index in [-0.39, 0.29) is 11.4 Å². The predicted molar refractivity (Wildman–Crippen MR) is 68.3 cm³/mol. The van der Waals surface area contributed by atoms with E-state index >= 15 is 0 Å². The van der Waals surface area contributed by atoms with Crippen molar-refractivity contribution in [2.24, 2.45) is 5.73 Å². The van der Waals surface area contributed by atoms with Gasteiger partial charge in [0.25, 0.3) is 5.91 Å². The van der Waals surface area contributed by atoms with E-state index in [1.807, 2.05) is 19.1 Å². The highest BCUT2D eigenvalue weighted by atomic mass is 16.5. The van der Waals surface area contributed by atoms with Crippen molar-refractivity contribution in [2.45, 2.75) is 25.3 Å². The van der Waals surface area contributed by atoms with Gasteiger partial charge in [-0.05, 0) is 31.4 Å². The maximum absolute atomic E-state index is 12.2. The van der Waals surface area contributed by atoms with Crippen LogP contribution >= 0.6 is 0 Å². The number of pyridine rings is 1.